The van der Waals surface area contributed by atoms with E-state index in [1.165, 1.54) is 31.4 Å². The average molecular weight is 472 g/mol. The number of carbonyl (C=O) groups excluding carboxylic acids is 3. The second kappa shape index (κ2) is 8.90. The molecule has 2 aliphatic rings. The molecule has 1 aromatic carbocycles. The lowest BCUT2D eigenvalue weighted by Crippen LogP contribution is -2.54. The second-order valence-corrected chi connectivity index (χ2v) is 8.25. The molecule has 1 spiro atoms. The molecule has 0 unspecified atom stereocenters. The number of esters is 3. The molecule has 1 fully saturated rings. The Kier molecular flexibility index (Phi) is 6.13. The van der Waals surface area contributed by atoms with Crippen molar-refractivity contribution in [2.24, 2.45) is 0 Å². The van der Waals surface area contributed by atoms with Gasteiger partial charge in [0.1, 0.15) is 12.7 Å². The molecule has 1 N–H and O–H groups in total. The van der Waals surface area contributed by atoms with Crippen LogP contribution in [0.1, 0.15) is 37.9 Å². The van der Waals surface area contributed by atoms with Crippen LogP contribution in [0.5, 0.6) is 0 Å². The van der Waals surface area contributed by atoms with Gasteiger partial charge < -0.3 is 18.9 Å². The first kappa shape index (κ1) is 23.4. The highest BCUT2D eigenvalue weighted by Gasteiger charge is 2.67. The first-order valence-corrected chi connectivity index (χ1v) is 10.7. The number of H-pyrrole nitrogens is 1. The van der Waals surface area contributed by atoms with Crippen LogP contribution < -0.4 is 11.2 Å². The number of hydrogen-bond acceptors (Lipinski definition) is 9. The van der Waals surface area contributed by atoms with Crippen LogP contribution in [0.4, 0.5) is 0 Å². The first-order valence-electron chi connectivity index (χ1n) is 10.7. The molecule has 1 saturated heterocycles. The summed E-state index contributed by atoms with van der Waals surface area (Å²) in [7, 11) is 0. The minimum atomic E-state index is -1.69. The zero-order valence-electron chi connectivity index (χ0n) is 18.8. The predicted molar refractivity (Wildman–Crippen MR) is 115 cm³/mol. The van der Waals surface area contributed by atoms with Gasteiger partial charge in [0.25, 0.3) is 5.56 Å². The maximum Gasteiger partial charge on any atom is 0.331 e. The third-order valence-electron chi connectivity index (χ3n) is 5.94. The van der Waals surface area contributed by atoms with E-state index < -0.39 is 59.1 Å². The summed E-state index contributed by atoms with van der Waals surface area (Å²) in [5.41, 5.74) is -1.95. The SMILES string of the molecule is CC(=O)OC[C@H]1O[C@]2([C@@H](c3ccccc3)Cc3cc(=O)[nH]c(=O)n32)[C@H](OC(C)=O)[C@@H]1OC(C)=O. The van der Waals surface area contributed by atoms with Crippen LogP contribution in [0, 0.1) is 0 Å². The van der Waals surface area contributed by atoms with Gasteiger partial charge in [0, 0.05) is 38.4 Å². The third kappa shape index (κ3) is 4.03. The lowest BCUT2D eigenvalue weighted by atomic mass is 9.84. The molecule has 0 bridgehead atoms. The molecular weight excluding hydrogens is 448 g/mol. The van der Waals surface area contributed by atoms with Crippen LogP contribution >= 0.6 is 0 Å². The van der Waals surface area contributed by atoms with Crippen molar-refractivity contribution in [1.29, 1.82) is 0 Å². The van der Waals surface area contributed by atoms with E-state index in [4.69, 9.17) is 18.9 Å². The zero-order valence-corrected chi connectivity index (χ0v) is 18.8. The van der Waals surface area contributed by atoms with Gasteiger partial charge in [0.2, 0.25) is 0 Å². The van der Waals surface area contributed by atoms with E-state index >= 15 is 0 Å². The van der Waals surface area contributed by atoms with Crippen LogP contribution in [-0.2, 0) is 45.5 Å². The molecule has 0 amide bonds. The smallest absolute Gasteiger partial charge is 0.331 e. The number of aromatic nitrogens is 2. The zero-order chi connectivity index (χ0) is 24.6. The minimum Gasteiger partial charge on any atom is -0.463 e. The molecule has 0 saturated carbocycles. The van der Waals surface area contributed by atoms with Gasteiger partial charge in [-0.05, 0) is 12.0 Å². The fourth-order valence-electron chi connectivity index (χ4n) is 4.89. The lowest BCUT2D eigenvalue weighted by molar-refractivity contribution is -0.185. The highest BCUT2D eigenvalue weighted by Crippen LogP contribution is 2.52. The maximum absolute atomic E-state index is 13.1. The van der Waals surface area contributed by atoms with Crippen molar-refractivity contribution in [3.8, 4) is 0 Å². The van der Waals surface area contributed by atoms with Gasteiger partial charge in [0.05, 0.1) is 0 Å². The molecule has 11 heteroatoms. The molecular formula is C23H24N2O9. The van der Waals surface area contributed by atoms with Crippen LogP contribution in [0.15, 0.2) is 46.0 Å². The fourth-order valence-corrected chi connectivity index (χ4v) is 4.89. The van der Waals surface area contributed by atoms with Gasteiger partial charge in [-0.15, -0.1) is 0 Å². The van der Waals surface area contributed by atoms with E-state index in [-0.39, 0.29) is 13.0 Å². The number of aromatic amines is 1. The van der Waals surface area contributed by atoms with Gasteiger partial charge in [-0.3, -0.25) is 28.7 Å². The molecule has 2 aliphatic heterocycles. The van der Waals surface area contributed by atoms with E-state index in [0.717, 1.165) is 5.56 Å². The van der Waals surface area contributed by atoms with Crippen molar-refractivity contribution in [3.05, 3.63) is 68.5 Å². The topological polar surface area (TPSA) is 143 Å². The summed E-state index contributed by atoms with van der Waals surface area (Å²) in [5, 5.41) is 0. The van der Waals surface area contributed by atoms with E-state index in [2.05, 4.69) is 4.98 Å². The van der Waals surface area contributed by atoms with Crippen LogP contribution in [0.3, 0.4) is 0 Å². The van der Waals surface area contributed by atoms with Gasteiger partial charge in [-0.1, -0.05) is 30.3 Å². The van der Waals surface area contributed by atoms with Gasteiger partial charge in [-0.25, -0.2) is 4.79 Å². The number of hydrogen-bond donors (Lipinski definition) is 1. The Balaban J connectivity index is 1.97. The van der Waals surface area contributed by atoms with Crippen molar-refractivity contribution in [3.63, 3.8) is 0 Å². The number of nitrogens with one attached hydrogen (secondary N) is 1. The van der Waals surface area contributed by atoms with Crippen molar-refractivity contribution in [2.45, 2.75) is 57.1 Å². The monoisotopic (exact) mass is 472 g/mol. The lowest BCUT2D eigenvalue weighted by Gasteiger charge is -2.37. The Morgan fingerprint density at radius 3 is 2.35 bits per heavy atom. The summed E-state index contributed by atoms with van der Waals surface area (Å²) >= 11 is 0. The molecule has 5 atom stereocenters. The summed E-state index contributed by atoms with van der Waals surface area (Å²) < 4.78 is 23.9. The van der Waals surface area contributed by atoms with Crippen LogP contribution in [-0.4, -0.2) is 52.4 Å². The maximum atomic E-state index is 13.1. The van der Waals surface area contributed by atoms with Crippen molar-refractivity contribution in [2.75, 3.05) is 6.61 Å². The number of nitrogens with zero attached hydrogens (tertiary/aromatic N) is 1. The largest absolute Gasteiger partial charge is 0.463 e. The number of rotatable bonds is 5. The Morgan fingerprint density at radius 2 is 1.74 bits per heavy atom. The fraction of sp³-hybridized carbons (Fsp3) is 0.435. The molecule has 4 rings (SSSR count). The first-order chi connectivity index (χ1) is 16.1. The van der Waals surface area contributed by atoms with Crippen LogP contribution in [0.25, 0.3) is 0 Å². The molecule has 180 valence electrons. The predicted octanol–water partition coefficient (Wildman–Crippen LogP) is 0.355. The van der Waals surface area contributed by atoms with Gasteiger partial charge in [0.15, 0.2) is 17.9 Å². The number of benzene rings is 1. The van der Waals surface area contributed by atoms with Crippen molar-refractivity contribution >= 4 is 17.9 Å². The Labute approximate surface area is 193 Å². The van der Waals surface area contributed by atoms with Crippen LogP contribution in [0.2, 0.25) is 0 Å². The molecule has 3 heterocycles. The van der Waals surface area contributed by atoms with E-state index in [0.29, 0.717) is 5.69 Å². The highest BCUT2D eigenvalue weighted by atomic mass is 16.7. The minimum absolute atomic E-state index is 0.202. The Bertz CT molecular complexity index is 1230. The Morgan fingerprint density at radius 1 is 1.06 bits per heavy atom. The number of carbonyl (C=O) groups is 3. The van der Waals surface area contributed by atoms with E-state index in [1.807, 2.05) is 18.2 Å². The number of fused-ring (bicyclic) bond motifs is 2. The quantitative estimate of drug-likeness (QED) is 0.482. The van der Waals surface area contributed by atoms with Gasteiger partial charge in [-0.2, -0.15) is 0 Å². The highest BCUT2D eigenvalue weighted by molar-refractivity contribution is 5.68. The van der Waals surface area contributed by atoms with Gasteiger partial charge >= 0.3 is 23.6 Å². The summed E-state index contributed by atoms with van der Waals surface area (Å²) in [6, 6.07) is 10.3. The van der Waals surface area contributed by atoms with E-state index in [9.17, 15) is 24.0 Å². The second-order valence-electron chi connectivity index (χ2n) is 8.25. The van der Waals surface area contributed by atoms with E-state index in [1.54, 1.807) is 12.1 Å². The summed E-state index contributed by atoms with van der Waals surface area (Å²) in [6.45, 7) is 3.25. The third-order valence-corrected chi connectivity index (χ3v) is 5.94. The van der Waals surface area contributed by atoms with Crippen molar-refractivity contribution in [1.82, 2.24) is 9.55 Å². The molecule has 0 radical (unpaired) electrons. The molecule has 34 heavy (non-hydrogen) atoms. The molecule has 11 nitrogen and oxygen atoms in total. The number of ether oxygens (including phenoxy) is 4. The average Bonchev–Trinajstić information content (AvgIpc) is 3.22. The normalized spacial score (nSPS) is 27.3. The summed E-state index contributed by atoms with van der Waals surface area (Å²) in [4.78, 5) is 63.1. The standard InChI is InChI=1S/C23H24N2O9/c1-12(26)31-11-18-20(32-13(2)27)21(33-14(3)28)23(34-18)17(15-7-5-4-6-8-15)9-16-10-19(29)24-22(30)25(16)23/h4-8,10,17-18,20-21H,9,11H2,1-3H3,(H,24,29,30)/t17-,18-,20-,21-,23-/m1/s1. The molecule has 1 aromatic heterocycles. The summed E-state index contributed by atoms with van der Waals surface area (Å²) in [5.74, 6) is -2.58. The molecule has 0 aliphatic carbocycles. The summed E-state index contributed by atoms with van der Waals surface area (Å²) in [6.07, 6.45) is -3.34. The Hall–Kier alpha value is -3.73. The van der Waals surface area contributed by atoms with Crippen molar-refractivity contribution < 1.29 is 33.3 Å². The molecule has 2 aromatic rings.